The summed E-state index contributed by atoms with van der Waals surface area (Å²) in [5, 5.41) is 0. The molecule has 0 saturated carbocycles. The molecule has 2 aliphatic rings. The molecule has 0 aliphatic carbocycles. The molecule has 2 aromatic rings. The van der Waals surface area contributed by atoms with Gasteiger partial charge in [0, 0.05) is 48.9 Å². The molecule has 2 aromatic carbocycles. The lowest BCUT2D eigenvalue weighted by atomic mass is 10.1. The summed E-state index contributed by atoms with van der Waals surface area (Å²) in [7, 11) is 0. The van der Waals surface area contributed by atoms with Crippen molar-refractivity contribution in [3.63, 3.8) is 0 Å². The van der Waals surface area contributed by atoms with Crippen LogP contribution in [0, 0.1) is 6.92 Å². The maximum Gasteiger partial charge on any atom is 0.146 e. The van der Waals surface area contributed by atoms with Gasteiger partial charge in [-0.25, -0.2) is 0 Å². The van der Waals surface area contributed by atoms with Crippen LogP contribution in [0.2, 0.25) is 0 Å². The second-order valence-electron chi connectivity index (χ2n) is 8.93. The van der Waals surface area contributed by atoms with E-state index in [1.807, 2.05) is 11.8 Å². The van der Waals surface area contributed by atoms with Gasteiger partial charge in [0.25, 0.3) is 0 Å². The van der Waals surface area contributed by atoms with E-state index in [9.17, 15) is 4.79 Å². The fourth-order valence-corrected chi connectivity index (χ4v) is 5.70. The Kier molecular flexibility index (Phi) is 8.25. The van der Waals surface area contributed by atoms with Crippen LogP contribution in [-0.4, -0.2) is 67.9 Å². The number of nitrogens with two attached hydrogens (primary N) is 1. The zero-order chi connectivity index (χ0) is 22.3. The second-order valence-corrected chi connectivity index (χ2v) is 10.0. The largest absolute Gasteiger partial charge is 0.340 e. The van der Waals surface area contributed by atoms with Gasteiger partial charge in [-0.05, 0) is 69.1 Å². The van der Waals surface area contributed by atoms with E-state index in [4.69, 9.17) is 5.73 Å². The van der Waals surface area contributed by atoms with Gasteiger partial charge < -0.3 is 20.4 Å². The highest BCUT2D eigenvalue weighted by Crippen LogP contribution is 2.48. The van der Waals surface area contributed by atoms with Gasteiger partial charge in [-0.1, -0.05) is 30.0 Å². The molecule has 0 spiro atoms. The van der Waals surface area contributed by atoms with Gasteiger partial charge >= 0.3 is 0 Å². The van der Waals surface area contributed by atoms with Crippen molar-refractivity contribution in [2.45, 2.75) is 42.4 Å². The van der Waals surface area contributed by atoms with E-state index in [0.29, 0.717) is 6.42 Å². The topological polar surface area (TPSA) is 52.8 Å². The molecular weight excluding hydrogens is 416 g/mol. The van der Waals surface area contributed by atoms with Gasteiger partial charge in [0.15, 0.2) is 0 Å². The lowest BCUT2D eigenvalue weighted by Crippen LogP contribution is -2.47. The highest BCUT2D eigenvalue weighted by atomic mass is 32.2. The molecule has 2 N–H and O–H groups in total. The van der Waals surface area contributed by atoms with Crippen molar-refractivity contribution in [3.05, 3.63) is 48.0 Å². The first-order chi connectivity index (χ1) is 15.6. The van der Waals surface area contributed by atoms with Crippen LogP contribution in [0.5, 0.6) is 0 Å². The average molecular weight is 453 g/mol. The molecule has 0 amide bonds. The highest BCUT2D eigenvalue weighted by Gasteiger charge is 2.23. The van der Waals surface area contributed by atoms with Crippen LogP contribution < -0.4 is 10.6 Å². The van der Waals surface area contributed by atoms with E-state index in [-0.39, 0.29) is 12.3 Å². The van der Waals surface area contributed by atoms with Crippen LogP contribution in [-0.2, 0) is 4.79 Å². The van der Waals surface area contributed by atoms with Crippen molar-refractivity contribution in [3.8, 4) is 0 Å². The Morgan fingerprint density at radius 1 is 0.875 bits per heavy atom. The van der Waals surface area contributed by atoms with Gasteiger partial charge in [-0.3, -0.25) is 4.79 Å². The van der Waals surface area contributed by atoms with Crippen molar-refractivity contribution in [2.24, 2.45) is 5.73 Å². The van der Waals surface area contributed by atoms with Gasteiger partial charge in [0.2, 0.25) is 0 Å². The average Bonchev–Trinajstić information content (AvgIpc) is 2.82. The Labute approximate surface area is 196 Å². The predicted octanol–water partition coefficient (Wildman–Crippen LogP) is 4.30. The Morgan fingerprint density at radius 3 is 2.31 bits per heavy atom. The van der Waals surface area contributed by atoms with Crippen molar-refractivity contribution in [1.29, 1.82) is 0 Å². The predicted molar refractivity (Wildman–Crippen MR) is 134 cm³/mol. The minimum Gasteiger partial charge on any atom is -0.340 e. The lowest BCUT2D eigenvalue weighted by molar-refractivity contribution is -0.117. The van der Waals surface area contributed by atoms with Crippen LogP contribution in [0.4, 0.5) is 11.4 Å². The Bertz CT molecular complexity index is 910. The Morgan fingerprint density at radius 2 is 1.56 bits per heavy atom. The number of fused-ring (bicyclic) bond motifs is 2. The summed E-state index contributed by atoms with van der Waals surface area (Å²) < 4.78 is 0. The second kappa shape index (κ2) is 11.3. The number of para-hydroxylation sites is 1. The number of ketones is 1. The molecule has 6 heteroatoms. The fourth-order valence-electron chi connectivity index (χ4n) is 4.63. The summed E-state index contributed by atoms with van der Waals surface area (Å²) in [5.74, 6) is 0.183. The normalized spacial score (nSPS) is 16.6. The number of carbonyl (C=O) groups is 1. The molecule has 0 radical (unpaired) electrons. The molecule has 32 heavy (non-hydrogen) atoms. The lowest BCUT2D eigenvalue weighted by Gasteiger charge is -2.36. The maximum atomic E-state index is 11.3. The van der Waals surface area contributed by atoms with Crippen molar-refractivity contribution in [1.82, 2.24) is 9.80 Å². The fraction of sp³-hybridized carbons (Fsp3) is 0.500. The number of benzene rings is 2. The number of Topliss-reactive ketones (excluding diaryl/α,β-unsaturated/α-hetero) is 1. The first kappa shape index (κ1) is 23.3. The molecule has 0 aromatic heterocycles. The van der Waals surface area contributed by atoms with Crippen LogP contribution in [0.1, 0.15) is 31.2 Å². The van der Waals surface area contributed by atoms with E-state index >= 15 is 0 Å². The third-order valence-corrected chi connectivity index (χ3v) is 7.64. The smallest absolute Gasteiger partial charge is 0.146 e. The summed E-state index contributed by atoms with van der Waals surface area (Å²) in [5.41, 5.74) is 9.40. The third kappa shape index (κ3) is 5.93. The van der Waals surface area contributed by atoms with Gasteiger partial charge in [-0.15, -0.1) is 0 Å². The Hall–Kier alpha value is -1.86. The zero-order valence-corrected chi connectivity index (χ0v) is 20.1. The van der Waals surface area contributed by atoms with E-state index in [0.717, 1.165) is 65.1 Å². The molecule has 0 unspecified atom stereocenters. The molecular formula is C26H36N4OS. The third-order valence-electron chi connectivity index (χ3n) is 6.51. The summed E-state index contributed by atoms with van der Waals surface area (Å²) in [4.78, 5) is 21.7. The standard InChI is InChI=1S/C26H36N4OS/c1-21-10-11-26-24(19-21)30(23-8-2-3-9-25(23)32-26)14-6-13-29-17-15-28(16-18-29)12-5-4-7-22(31)20-27/h2-3,8-11,19H,4-7,12-18,20,27H2,1H3. The number of piperazine rings is 1. The van der Waals surface area contributed by atoms with Crippen LogP contribution in [0.3, 0.4) is 0 Å². The number of aryl methyl sites for hydroxylation is 1. The number of unbranched alkanes of at least 4 members (excludes halogenated alkanes) is 1. The van der Waals surface area contributed by atoms with Gasteiger partial charge in [0.05, 0.1) is 17.9 Å². The molecule has 2 heterocycles. The van der Waals surface area contributed by atoms with Crippen molar-refractivity contribution >= 4 is 28.9 Å². The van der Waals surface area contributed by atoms with Gasteiger partial charge in [-0.2, -0.15) is 0 Å². The minimum absolute atomic E-state index is 0.183. The van der Waals surface area contributed by atoms with Crippen molar-refractivity contribution < 1.29 is 4.79 Å². The summed E-state index contributed by atoms with van der Waals surface area (Å²) in [6.45, 7) is 10.2. The minimum atomic E-state index is 0.183. The molecule has 5 nitrogen and oxygen atoms in total. The number of rotatable bonds is 10. The zero-order valence-electron chi connectivity index (χ0n) is 19.3. The first-order valence-corrected chi connectivity index (χ1v) is 12.8. The first-order valence-electron chi connectivity index (χ1n) is 12.0. The van der Waals surface area contributed by atoms with Crippen molar-refractivity contribution in [2.75, 3.05) is 57.3 Å². The van der Waals surface area contributed by atoms with Crippen LogP contribution >= 0.6 is 11.8 Å². The quantitative estimate of drug-likeness (QED) is 0.543. The van der Waals surface area contributed by atoms with E-state index in [1.165, 1.54) is 26.7 Å². The SMILES string of the molecule is Cc1ccc2c(c1)N(CCCN1CCN(CCCCC(=O)CN)CC1)c1ccccc1S2. The number of hydrogen-bond donors (Lipinski definition) is 1. The van der Waals surface area contributed by atoms with E-state index in [1.54, 1.807) is 0 Å². The molecule has 0 bridgehead atoms. The number of carbonyl (C=O) groups excluding carboxylic acids is 1. The number of anilines is 2. The molecule has 0 atom stereocenters. The number of nitrogens with zero attached hydrogens (tertiary/aromatic N) is 3. The van der Waals surface area contributed by atoms with Crippen LogP contribution in [0.15, 0.2) is 52.3 Å². The summed E-state index contributed by atoms with van der Waals surface area (Å²) in [6, 6.07) is 15.6. The monoisotopic (exact) mass is 452 g/mol. The van der Waals surface area contributed by atoms with E-state index in [2.05, 4.69) is 64.1 Å². The highest BCUT2D eigenvalue weighted by molar-refractivity contribution is 7.99. The molecule has 1 fully saturated rings. The molecule has 172 valence electrons. The maximum absolute atomic E-state index is 11.3. The Balaban J connectivity index is 1.24. The van der Waals surface area contributed by atoms with Crippen LogP contribution in [0.25, 0.3) is 0 Å². The number of hydrogen-bond acceptors (Lipinski definition) is 6. The summed E-state index contributed by atoms with van der Waals surface area (Å²) >= 11 is 1.88. The van der Waals surface area contributed by atoms with E-state index < -0.39 is 0 Å². The molecule has 4 rings (SSSR count). The van der Waals surface area contributed by atoms with Gasteiger partial charge in [0.1, 0.15) is 5.78 Å². The molecule has 1 saturated heterocycles. The summed E-state index contributed by atoms with van der Waals surface area (Å²) in [6.07, 6.45) is 3.86. The molecule has 2 aliphatic heterocycles.